The molecule has 32 heavy (non-hydrogen) atoms. The van der Waals surface area contributed by atoms with Crippen molar-refractivity contribution in [3.63, 3.8) is 0 Å². The fourth-order valence-electron chi connectivity index (χ4n) is 4.67. The lowest BCUT2D eigenvalue weighted by Crippen LogP contribution is -2.42. The third-order valence-electron chi connectivity index (χ3n) is 6.63. The van der Waals surface area contributed by atoms with Crippen LogP contribution in [0.15, 0.2) is 36.7 Å². The molecule has 168 valence electrons. The van der Waals surface area contributed by atoms with Crippen molar-refractivity contribution in [3.8, 4) is 11.1 Å². The Morgan fingerprint density at radius 2 is 1.91 bits per heavy atom. The molecule has 2 aromatic heterocycles. The number of benzene rings is 1. The molecule has 0 spiro atoms. The highest BCUT2D eigenvalue weighted by molar-refractivity contribution is 5.95. The van der Waals surface area contributed by atoms with Gasteiger partial charge in [0.05, 0.1) is 11.9 Å². The van der Waals surface area contributed by atoms with Crippen molar-refractivity contribution in [1.82, 2.24) is 19.7 Å². The van der Waals surface area contributed by atoms with Gasteiger partial charge in [0, 0.05) is 49.5 Å². The minimum Gasteiger partial charge on any atom is -0.310 e. The molecule has 8 heteroatoms. The van der Waals surface area contributed by atoms with Gasteiger partial charge in [-0.15, -0.1) is 0 Å². The van der Waals surface area contributed by atoms with Crippen LogP contribution in [0, 0.1) is 5.92 Å². The molecular formula is C24H27F2N5O. The molecule has 1 saturated carbocycles. The maximum Gasteiger partial charge on any atom is 0.249 e. The van der Waals surface area contributed by atoms with Gasteiger partial charge in [0.15, 0.2) is 0 Å². The first kappa shape index (κ1) is 21.0. The Morgan fingerprint density at radius 1 is 1.12 bits per heavy atom. The summed E-state index contributed by atoms with van der Waals surface area (Å²) in [6, 6.07) is 7.94. The number of nitrogens with zero attached hydrogens (tertiary/aromatic N) is 4. The van der Waals surface area contributed by atoms with E-state index < -0.39 is 30.6 Å². The van der Waals surface area contributed by atoms with Crippen LogP contribution < -0.4 is 5.32 Å². The lowest BCUT2D eigenvalue weighted by molar-refractivity contribution is -0.145. The number of hydrogen-bond donors (Lipinski definition) is 1. The summed E-state index contributed by atoms with van der Waals surface area (Å²) < 4.78 is 28.1. The van der Waals surface area contributed by atoms with E-state index >= 15 is 0 Å². The molecule has 1 amide bonds. The number of carbonyl (C=O) groups is 1. The molecule has 0 bridgehead atoms. The highest BCUT2D eigenvalue weighted by atomic mass is 19.3. The number of aryl methyl sites for hydroxylation is 1. The van der Waals surface area contributed by atoms with Gasteiger partial charge in [-0.3, -0.25) is 14.4 Å². The number of nitrogens with one attached hydrogen (secondary N) is 1. The van der Waals surface area contributed by atoms with Crippen LogP contribution in [-0.2, 0) is 18.4 Å². The molecule has 1 aliphatic heterocycles. The predicted molar refractivity (Wildman–Crippen MR) is 119 cm³/mol. The second-order valence-corrected chi connectivity index (χ2v) is 9.05. The average Bonchev–Trinajstić information content (AvgIpc) is 3.12. The van der Waals surface area contributed by atoms with Crippen LogP contribution in [0.5, 0.6) is 0 Å². The Morgan fingerprint density at radius 3 is 2.66 bits per heavy atom. The standard InChI is InChI=1S/C24H27F2N5O/c1-30-21(15-31-7-3-2-4-8-31)20(14-28-30)16-5-6-17-13-27-22(10-18(17)9-16)29-23(32)19-11-24(25,26)12-19/h5-6,9-10,13-14,19H,2-4,7-8,11-12,15H2,1H3,(H,27,29,32). The minimum absolute atomic E-state index is 0.384. The number of alkyl halides is 2. The number of rotatable bonds is 5. The number of fused-ring (bicyclic) bond motifs is 1. The van der Waals surface area contributed by atoms with Crippen LogP contribution in [-0.4, -0.2) is 44.6 Å². The topological polar surface area (TPSA) is 63.1 Å². The van der Waals surface area contributed by atoms with Gasteiger partial charge in [0.25, 0.3) is 0 Å². The highest BCUT2D eigenvalue weighted by Crippen LogP contribution is 2.42. The largest absolute Gasteiger partial charge is 0.310 e. The van der Waals surface area contributed by atoms with E-state index in [-0.39, 0.29) is 0 Å². The van der Waals surface area contributed by atoms with Crippen molar-refractivity contribution < 1.29 is 13.6 Å². The van der Waals surface area contributed by atoms with Crippen molar-refractivity contribution in [3.05, 3.63) is 42.4 Å². The fraction of sp³-hybridized carbons (Fsp3) is 0.458. The number of aromatic nitrogens is 3. The van der Waals surface area contributed by atoms with Crippen molar-refractivity contribution in [1.29, 1.82) is 0 Å². The summed E-state index contributed by atoms with van der Waals surface area (Å²) in [6.45, 7) is 3.10. The number of hydrogen-bond acceptors (Lipinski definition) is 4. The van der Waals surface area contributed by atoms with E-state index in [1.807, 2.05) is 24.0 Å². The molecule has 5 rings (SSSR count). The predicted octanol–water partition coefficient (Wildman–Crippen LogP) is 4.61. The van der Waals surface area contributed by atoms with Gasteiger partial charge in [-0.25, -0.2) is 13.8 Å². The summed E-state index contributed by atoms with van der Waals surface area (Å²) in [4.78, 5) is 19.0. The van der Waals surface area contributed by atoms with Crippen LogP contribution in [0.3, 0.4) is 0 Å². The maximum atomic E-state index is 13.1. The number of halogens is 2. The lowest BCUT2D eigenvalue weighted by Gasteiger charge is -2.33. The van der Waals surface area contributed by atoms with E-state index in [4.69, 9.17) is 0 Å². The van der Waals surface area contributed by atoms with Crippen LogP contribution >= 0.6 is 0 Å². The zero-order valence-corrected chi connectivity index (χ0v) is 18.2. The second-order valence-electron chi connectivity index (χ2n) is 9.05. The number of anilines is 1. The van der Waals surface area contributed by atoms with E-state index in [1.54, 1.807) is 12.3 Å². The summed E-state index contributed by atoms with van der Waals surface area (Å²) in [5.74, 6) is -3.38. The van der Waals surface area contributed by atoms with E-state index in [9.17, 15) is 13.6 Å². The number of carbonyl (C=O) groups excluding carboxylic acids is 1. The van der Waals surface area contributed by atoms with E-state index in [2.05, 4.69) is 32.4 Å². The molecule has 1 saturated heterocycles. The van der Waals surface area contributed by atoms with Gasteiger partial charge in [-0.05, 0) is 49.0 Å². The Labute approximate surface area is 185 Å². The molecule has 3 aromatic rings. The van der Waals surface area contributed by atoms with Crippen LogP contribution in [0.25, 0.3) is 21.9 Å². The first-order valence-corrected chi connectivity index (χ1v) is 11.2. The van der Waals surface area contributed by atoms with Crippen LogP contribution in [0.1, 0.15) is 37.8 Å². The molecule has 0 radical (unpaired) electrons. The summed E-state index contributed by atoms with van der Waals surface area (Å²) in [6.07, 6.45) is 6.60. The SMILES string of the molecule is Cn1ncc(-c2ccc3cnc(NC(=O)C4CC(F)(F)C4)cc3c2)c1CN1CCCCC1. The second kappa shape index (κ2) is 8.24. The van der Waals surface area contributed by atoms with Crippen molar-refractivity contribution in [2.24, 2.45) is 13.0 Å². The lowest BCUT2D eigenvalue weighted by atomic mass is 9.81. The van der Waals surface area contributed by atoms with Gasteiger partial charge in [-0.2, -0.15) is 5.10 Å². The van der Waals surface area contributed by atoms with Crippen molar-refractivity contribution in [2.45, 2.75) is 44.6 Å². The Hall–Kier alpha value is -2.87. The van der Waals surface area contributed by atoms with Crippen molar-refractivity contribution >= 4 is 22.5 Å². The van der Waals surface area contributed by atoms with Gasteiger partial charge in [0.2, 0.25) is 11.8 Å². The zero-order valence-electron chi connectivity index (χ0n) is 18.2. The molecule has 1 N–H and O–H groups in total. The Kier molecular flexibility index (Phi) is 5.41. The zero-order chi connectivity index (χ0) is 22.3. The Balaban J connectivity index is 1.38. The van der Waals surface area contributed by atoms with Gasteiger partial charge < -0.3 is 5.32 Å². The average molecular weight is 440 g/mol. The molecular weight excluding hydrogens is 412 g/mol. The van der Waals surface area contributed by atoms with Gasteiger partial charge in [0.1, 0.15) is 5.82 Å². The molecule has 2 fully saturated rings. The summed E-state index contributed by atoms with van der Waals surface area (Å²) in [5, 5.41) is 9.08. The first-order chi connectivity index (χ1) is 15.4. The van der Waals surface area contributed by atoms with Crippen molar-refractivity contribution in [2.75, 3.05) is 18.4 Å². The fourth-order valence-corrected chi connectivity index (χ4v) is 4.67. The number of pyridine rings is 1. The quantitative estimate of drug-likeness (QED) is 0.631. The third kappa shape index (κ3) is 4.24. The molecule has 1 aromatic carbocycles. The smallest absolute Gasteiger partial charge is 0.249 e. The Bertz CT molecular complexity index is 1140. The summed E-state index contributed by atoms with van der Waals surface area (Å²) >= 11 is 0. The summed E-state index contributed by atoms with van der Waals surface area (Å²) in [5.41, 5.74) is 3.33. The highest BCUT2D eigenvalue weighted by Gasteiger charge is 2.48. The summed E-state index contributed by atoms with van der Waals surface area (Å²) in [7, 11) is 1.98. The number of piperidine rings is 1. The molecule has 0 unspecified atom stereocenters. The van der Waals surface area contributed by atoms with E-state index in [0.29, 0.717) is 5.82 Å². The molecule has 2 aliphatic rings. The minimum atomic E-state index is -2.72. The molecule has 6 nitrogen and oxygen atoms in total. The number of likely N-dealkylation sites (tertiary alicyclic amines) is 1. The first-order valence-electron chi connectivity index (χ1n) is 11.2. The van der Waals surface area contributed by atoms with Crippen LogP contribution in [0.2, 0.25) is 0 Å². The van der Waals surface area contributed by atoms with Gasteiger partial charge >= 0.3 is 0 Å². The van der Waals surface area contributed by atoms with Crippen LogP contribution in [0.4, 0.5) is 14.6 Å². The van der Waals surface area contributed by atoms with Gasteiger partial charge in [-0.1, -0.05) is 18.6 Å². The maximum absolute atomic E-state index is 13.1. The third-order valence-corrected chi connectivity index (χ3v) is 6.63. The van der Waals surface area contributed by atoms with E-state index in [1.165, 1.54) is 25.0 Å². The van der Waals surface area contributed by atoms with E-state index in [0.717, 1.165) is 41.5 Å². The normalized spacial score (nSPS) is 19.1. The number of amides is 1. The monoisotopic (exact) mass is 439 g/mol. The molecule has 3 heterocycles. The molecule has 0 atom stereocenters. The molecule has 1 aliphatic carbocycles.